The van der Waals surface area contributed by atoms with Crippen molar-refractivity contribution in [2.24, 2.45) is 5.92 Å². The quantitative estimate of drug-likeness (QED) is 0.826. The zero-order valence-corrected chi connectivity index (χ0v) is 10.7. The fraction of sp³-hybridized carbons (Fsp3) is 0.385. The summed E-state index contributed by atoms with van der Waals surface area (Å²) in [5, 5.41) is 3.84. The van der Waals surface area contributed by atoms with Crippen LogP contribution in [0.5, 0.6) is 0 Å². The summed E-state index contributed by atoms with van der Waals surface area (Å²) in [7, 11) is 0. The van der Waals surface area contributed by atoms with Crippen LogP contribution < -0.4 is 0 Å². The van der Waals surface area contributed by atoms with Crippen LogP contribution in [-0.2, 0) is 11.2 Å². The van der Waals surface area contributed by atoms with Crippen LogP contribution in [0.4, 0.5) is 0 Å². The molecule has 0 aliphatic rings. The minimum Gasteiger partial charge on any atom is -0.338 e. The molecule has 0 amide bonds. The number of carbonyl (C=O) groups is 1. The van der Waals surface area contributed by atoms with E-state index in [0.29, 0.717) is 17.4 Å². The van der Waals surface area contributed by atoms with Gasteiger partial charge >= 0.3 is 0 Å². The van der Waals surface area contributed by atoms with Crippen molar-refractivity contribution in [1.29, 1.82) is 0 Å². The molecule has 18 heavy (non-hydrogen) atoms. The molecule has 0 atom stereocenters. The monoisotopic (exact) mass is 245 g/mol. The summed E-state index contributed by atoms with van der Waals surface area (Å²) in [6, 6.07) is 3.77. The average molecular weight is 245 g/mol. The second kappa shape index (κ2) is 5.08. The average Bonchev–Trinajstić information content (AvgIpc) is 2.77. The third kappa shape index (κ3) is 2.80. The first kappa shape index (κ1) is 12.4. The standard InChI is InChI=1S/C13H15N3O2/c1-8(2)11(17)7-12-15-13(16-18-12)10-6-9(3)4-5-14-10/h4-6,8H,7H2,1-3H3. The van der Waals surface area contributed by atoms with Gasteiger partial charge in [-0.3, -0.25) is 9.78 Å². The van der Waals surface area contributed by atoms with Gasteiger partial charge in [0.15, 0.2) is 0 Å². The molecule has 5 nitrogen and oxygen atoms in total. The van der Waals surface area contributed by atoms with Gasteiger partial charge in [0.2, 0.25) is 11.7 Å². The third-order valence-corrected chi connectivity index (χ3v) is 2.58. The van der Waals surface area contributed by atoms with Crippen LogP contribution in [-0.4, -0.2) is 20.9 Å². The molecule has 0 aromatic carbocycles. The number of pyridine rings is 1. The molecule has 0 radical (unpaired) electrons. The zero-order valence-electron chi connectivity index (χ0n) is 10.7. The summed E-state index contributed by atoms with van der Waals surface area (Å²) in [5.41, 5.74) is 1.73. The van der Waals surface area contributed by atoms with Crippen LogP contribution in [0.3, 0.4) is 0 Å². The van der Waals surface area contributed by atoms with Crippen LogP contribution >= 0.6 is 0 Å². The molecule has 2 aromatic heterocycles. The summed E-state index contributed by atoms with van der Waals surface area (Å²) in [6.07, 6.45) is 1.87. The Morgan fingerprint density at radius 1 is 1.44 bits per heavy atom. The van der Waals surface area contributed by atoms with Crippen molar-refractivity contribution in [3.8, 4) is 11.5 Å². The number of aryl methyl sites for hydroxylation is 1. The molecule has 0 saturated carbocycles. The van der Waals surface area contributed by atoms with Gasteiger partial charge in [-0.2, -0.15) is 4.98 Å². The Morgan fingerprint density at radius 3 is 2.89 bits per heavy atom. The fourth-order valence-electron chi connectivity index (χ4n) is 1.44. The number of hydrogen-bond donors (Lipinski definition) is 0. The Bertz CT molecular complexity index is 561. The number of Topliss-reactive ketones (excluding diaryl/α,β-unsaturated/α-hetero) is 1. The number of aromatic nitrogens is 3. The maximum Gasteiger partial charge on any atom is 0.234 e. The molecular formula is C13H15N3O2. The number of carbonyl (C=O) groups excluding carboxylic acids is 1. The van der Waals surface area contributed by atoms with Crippen molar-refractivity contribution in [2.75, 3.05) is 0 Å². The SMILES string of the molecule is Cc1ccnc(-c2noc(CC(=O)C(C)C)n2)c1. The van der Waals surface area contributed by atoms with Gasteiger partial charge in [0.1, 0.15) is 11.5 Å². The van der Waals surface area contributed by atoms with Gasteiger partial charge in [0.25, 0.3) is 0 Å². The van der Waals surface area contributed by atoms with E-state index in [-0.39, 0.29) is 18.1 Å². The Labute approximate surface area is 105 Å². The maximum atomic E-state index is 11.6. The van der Waals surface area contributed by atoms with E-state index in [1.807, 2.05) is 32.9 Å². The first-order chi connectivity index (χ1) is 8.56. The molecule has 2 rings (SSSR count). The Kier molecular flexibility index (Phi) is 3.50. The topological polar surface area (TPSA) is 68.9 Å². The maximum absolute atomic E-state index is 11.6. The van der Waals surface area contributed by atoms with E-state index in [4.69, 9.17) is 4.52 Å². The molecule has 2 heterocycles. The van der Waals surface area contributed by atoms with Gasteiger partial charge in [-0.1, -0.05) is 19.0 Å². The van der Waals surface area contributed by atoms with Gasteiger partial charge in [-0.25, -0.2) is 0 Å². The molecule has 0 aliphatic carbocycles. The molecule has 0 spiro atoms. The van der Waals surface area contributed by atoms with Crippen molar-refractivity contribution in [3.05, 3.63) is 29.8 Å². The third-order valence-electron chi connectivity index (χ3n) is 2.58. The molecule has 0 aliphatic heterocycles. The molecule has 0 fully saturated rings. The molecular weight excluding hydrogens is 230 g/mol. The van der Waals surface area contributed by atoms with Crippen LogP contribution in [0.1, 0.15) is 25.3 Å². The second-order valence-corrected chi connectivity index (χ2v) is 4.53. The van der Waals surface area contributed by atoms with E-state index in [9.17, 15) is 4.79 Å². The highest BCUT2D eigenvalue weighted by atomic mass is 16.5. The zero-order chi connectivity index (χ0) is 13.1. The van der Waals surface area contributed by atoms with Crippen molar-refractivity contribution < 1.29 is 9.32 Å². The van der Waals surface area contributed by atoms with Crippen molar-refractivity contribution in [2.45, 2.75) is 27.2 Å². The highest BCUT2D eigenvalue weighted by molar-refractivity contribution is 5.81. The molecule has 0 unspecified atom stereocenters. The van der Waals surface area contributed by atoms with Crippen LogP contribution in [0, 0.1) is 12.8 Å². The van der Waals surface area contributed by atoms with Gasteiger partial charge in [-0.15, -0.1) is 0 Å². The minimum absolute atomic E-state index is 0.0301. The lowest BCUT2D eigenvalue weighted by Gasteiger charge is -1.98. The molecule has 0 bridgehead atoms. The van der Waals surface area contributed by atoms with Gasteiger partial charge in [-0.05, 0) is 24.6 Å². The lowest BCUT2D eigenvalue weighted by molar-refractivity contribution is -0.121. The Hall–Kier alpha value is -2.04. The number of nitrogens with zero attached hydrogens (tertiary/aromatic N) is 3. The summed E-state index contributed by atoms with van der Waals surface area (Å²) in [5.74, 6) is 0.817. The molecule has 0 N–H and O–H groups in total. The van der Waals surface area contributed by atoms with Crippen LogP contribution in [0.25, 0.3) is 11.5 Å². The molecule has 94 valence electrons. The normalized spacial score (nSPS) is 10.9. The number of rotatable bonds is 4. The van der Waals surface area contributed by atoms with E-state index in [1.54, 1.807) is 6.20 Å². The minimum atomic E-state index is -0.0301. The Morgan fingerprint density at radius 2 is 2.22 bits per heavy atom. The number of hydrogen-bond acceptors (Lipinski definition) is 5. The van der Waals surface area contributed by atoms with Gasteiger partial charge < -0.3 is 4.52 Å². The smallest absolute Gasteiger partial charge is 0.234 e. The van der Waals surface area contributed by atoms with Crippen molar-refractivity contribution in [3.63, 3.8) is 0 Å². The molecule has 0 saturated heterocycles. The van der Waals surface area contributed by atoms with E-state index < -0.39 is 0 Å². The van der Waals surface area contributed by atoms with E-state index in [2.05, 4.69) is 15.1 Å². The van der Waals surface area contributed by atoms with E-state index >= 15 is 0 Å². The second-order valence-electron chi connectivity index (χ2n) is 4.53. The molecule has 5 heteroatoms. The largest absolute Gasteiger partial charge is 0.338 e. The summed E-state index contributed by atoms with van der Waals surface area (Å²) in [4.78, 5) is 19.9. The van der Waals surface area contributed by atoms with Crippen molar-refractivity contribution in [1.82, 2.24) is 15.1 Å². The highest BCUT2D eigenvalue weighted by Gasteiger charge is 2.15. The first-order valence-electron chi connectivity index (χ1n) is 5.84. The van der Waals surface area contributed by atoms with Crippen molar-refractivity contribution >= 4 is 5.78 Å². The molecule has 2 aromatic rings. The van der Waals surface area contributed by atoms with Crippen LogP contribution in [0.15, 0.2) is 22.9 Å². The predicted molar refractivity (Wildman–Crippen MR) is 65.8 cm³/mol. The summed E-state index contributed by atoms with van der Waals surface area (Å²) >= 11 is 0. The van der Waals surface area contributed by atoms with Gasteiger partial charge in [0, 0.05) is 12.1 Å². The first-order valence-corrected chi connectivity index (χ1v) is 5.84. The lowest BCUT2D eigenvalue weighted by Crippen LogP contribution is -2.10. The predicted octanol–water partition coefficient (Wildman–Crippen LogP) is 2.21. The highest BCUT2D eigenvalue weighted by Crippen LogP contribution is 2.14. The van der Waals surface area contributed by atoms with E-state index in [0.717, 1.165) is 5.56 Å². The lowest BCUT2D eigenvalue weighted by atomic mass is 10.1. The van der Waals surface area contributed by atoms with E-state index in [1.165, 1.54) is 0 Å². The fourth-order valence-corrected chi connectivity index (χ4v) is 1.44. The summed E-state index contributed by atoms with van der Waals surface area (Å²) < 4.78 is 5.06. The Balaban J connectivity index is 2.18. The number of ketones is 1. The van der Waals surface area contributed by atoms with Gasteiger partial charge in [0.05, 0.1) is 6.42 Å². The summed E-state index contributed by atoms with van der Waals surface area (Å²) in [6.45, 7) is 5.66. The van der Waals surface area contributed by atoms with Crippen LogP contribution in [0.2, 0.25) is 0 Å².